The van der Waals surface area contributed by atoms with E-state index in [0.717, 1.165) is 42.6 Å². The molecule has 0 saturated heterocycles. The number of benzene rings is 1. The van der Waals surface area contributed by atoms with Crippen molar-refractivity contribution in [1.29, 1.82) is 0 Å². The van der Waals surface area contributed by atoms with E-state index in [1.54, 1.807) is 30.4 Å². The summed E-state index contributed by atoms with van der Waals surface area (Å²) < 4.78 is 8.94. The summed E-state index contributed by atoms with van der Waals surface area (Å²) in [5.41, 5.74) is 4.01. The van der Waals surface area contributed by atoms with Gasteiger partial charge in [-0.15, -0.1) is 0 Å². The Hall–Kier alpha value is -3.46. The predicted octanol–water partition coefficient (Wildman–Crippen LogP) is 4.18. The molecule has 2 fully saturated rings. The van der Waals surface area contributed by atoms with Gasteiger partial charge in [0.05, 0.1) is 24.3 Å². The van der Waals surface area contributed by atoms with Crippen molar-refractivity contribution in [2.75, 3.05) is 12.4 Å². The number of nitrogens with zero attached hydrogens (tertiary/aromatic N) is 4. The minimum Gasteiger partial charge on any atom is -0.378 e. The van der Waals surface area contributed by atoms with Crippen LogP contribution in [-0.4, -0.2) is 44.3 Å². The van der Waals surface area contributed by atoms with Gasteiger partial charge in [-0.05, 0) is 75.5 Å². The first-order valence-electron chi connectivity index (χ1n) is 13.1. The van der Waals surface area contributed by atoms with Crippen molar-refractivity contribution >= 4 is 17.5 Å². The molecule has 2 heterocycles. The fraction of sp³-hybridized carbons (Fsp3) is 0.500. The lowest BCUT2D eigenvalue weighted by Gasteiger charge is -2.28. The number of hydrogen-bond donors (Lipinski definition) is 2. The molecule has 1 atom stereocenters. The molecule has 0 radical (unpaired) electrons. The van der Waals surface area contributed by atoms with Gasteiger partial charge < -0.3 is 19.9 Å². The van der Waals surface area contributed by atoms with Crippen LogP contribution in [0.4, 0.5) is 5.69 Å². The molecule has 0 spiro atoms. The maximum absolute atomic E-state index is 13.7. The average molecular weight is 505 g/mol. The lowest BCUT2D eigenvalue weighted by Crippen LogP contribution is -2.50. The second-order valence-corrected chi connectivity index (χ2v) is 10.6. The molecule has 2 aliphatic rings. The van der Waals surface area contributed by atoms with E-state index in [1.807, 2.05) is 49.7 Å². The van der Waals surface area contributed by atoms with Crippen LogP contribution in [0.25, 0.3) is 11.3 Å². The van der Waals surface area contributed by atoms with E-state index < -0.39 is 6.04 Å². The Morgan fingerprint density at radius 1 is 1.08 bits per heavy atom. The van der Waals surface area contributed by atoms with Crippen molar-refractivity contribution in [1.82, 2.24) is 24.6 Å². The van der Waals surface area contributed by atoms with E-state index in [1.165, 1.54) is 0 Å². The summed E-state index contributed by atoms with van der Waals surface area (Å²) in [6, 6.07) is 8.91. The van der Waals surface area contributed by atoms with Gasteiger partial charge in [0.15, 0.2) is 0 Å². The summed E-state index contributed by atoms with van der Waals surface area (Å²) in [6.07, 6.45) is 7.88. The van der Waals surface area contributed by atoms with Gasteiger partial charge >= 0.3 is 0 Å². The Bertz CT molecular complexity index is 1240. The van der Waals surface area contributed by atoms with Gasteiger partial charge in [0.25, 0.3) is 5.91 Å². The van der Waals surface area contributed by atoms with Crippen LogP contribution in [0, 0.1) is 17.8 Å². The number of imidazole rings is 1. The maximum atomic E-state index is 13.7. The van der Waals surface area contributed by atoms with Gasteiger partial charge in [0.2, 0.25) is 5.91 Å². The normalized spacial score (nSPS) is 16.3. The zero-order valence-corrected chi connectivity index (χ0v) is 22.0. The second-order valence-electron chi connectivity index (χ2n) is 10.6. The fourth-order valence-electron chi connectivity index (χ4n) is 5.37. The highest BCUT2D eigenvalue weighted by Gasteiger charge is 2.48. The fourth-order valence-corrected chi connectivity index (χ4v) is 5.37. The van der Waals surface area contributed by atoms with Gasteiger partial charge in [-0.25, -0.2) is 4.98 Å². The molecule has 2 amide bonds. The van der Waals surface area contributed by atoms with E-state index in [-0.39, 0.29) is 23.8 Å². The first-order valence-corrected chi connectivity index (χ1v) is 13.1. The molecule has 2 N–H and O–H groups in total. The van der Waals surface area contributed by atoms with E-state index in [9.17, 15) is 9.59 Å². The van der Waals surface area contributed by atoms with Crippen molar-refractivity contribution in [2.24, 2.45) is 24.8 Å². The first kappa shape index (κ1) is 25.2. The molecule has 3 aromatic rings. The van der Waals surface area contributed by atoms with Crippen LogP contribution in [-0.2, 0) is 23.2 Å². The van der Waals surface area contributed by atoms with Gasteiger partial charge in [-0.2, -0.15) is 5.10 Å². The smallest absolute Gasteiger partial charge is 0.270 e. The van der Waals surface area contributed by atoms with Crippen molar-refractivity contribution in [2.45, 2.75) is 58.2 Å². The SMILES string of the molecule is COCc1ncn(C)c1-c1ccc(NC(=O)[C@@H](NC(=O)c2ccnn2C(C)C)C(C2CC2)C2CC2)cc1. The average Bonchev–Trinajstić information content (AvgIpc) is 3.81. The van der Waals surface area contributed by atoms with Crippen LogP contribution in [0.15, 0.2) is 42.9 Å². The molecule has 5 rings (SSSR count). The van der Waals surface area contributed by atoms with Crippen molar-refractivity contribution in [3.8, 4) is 11.3 Å². The number of nitrogens with one attached hydrogen (secondary N) is 2. The van der Waals surface area contributed by atoms with Gasteiger partial charge in [0, 0.05) is 37.6 Å². The molecule has 37 heavy (non-hydrogen) atoms. The van der Waals surface area contributed by atoms with Crippen molar-refractivity contribution in [3.63, 3.8) is 0 Å². The monoisotopic (exact) mass is 504 g/mol. The van der Waals surface area contributed by atoms with E-state index >= 15 is 0 Å². The van der Waals surface area contributed by atoms with Gasteiger partial charge in [-0.3, -0.25) is 14.3 Å². The summed E-state index contributed by atoms with van der Waals surface area (Å²) in [4.78, 5) is 31.4. The van der Waals surface area contributed by atoms with Gasteiger partial charge in [0.1, 0.15) is 11.7 Å². The van der Waals surface area contributed by atoms with E-state index in [0.29, 0.717) is 29.8 Å². The highest BCUT2D eigenvalue weighted by Crippen LogP contribution is 2.51. The minimum absolute atomic E-state index is 0.0491. The molecule has 2 saturated carbocycles. The number of aryl methyl sites for hydroxylation is 1. The molecular weight excluding hydrogens is 468 g/mol. The summed E-state index contributed by atoms with van der Waals surface area (Å²) >= 11 is 0. The van der Waals surface area contributed by atoms with Crippen molar-refractivity contribution < 1.29 is 14.3 Å². The summed E-state index contributed by atoms with van der Waals surface area (Å²) in [5.74, 6) is 0.718. The minimum atomic E-state index is -0.590. The molecule has 9 heteroatoms. The van der Waals surface area contributed by atoms with Crippen LogP contribution in [0.1, 0.15) is 61.8 Å². The summed E-state index contributed by atoms with van der Waals surface area (Å²) in [7, 11) is 3.60. The zero-order valence-electron chi connectivity index (χ0n) is 22.0. The van der Waals surface area contributed by atoms with Crippen LogP contribution in [0.2, 0.25) is 0 Å². The topological polar surface area (TPSA) is 103 Å². The number of ether oxygens (including phenoxy) is 1. The number of amides is 2. The van der Waals surface area contributed by atoms with E-state index in [2.05, 4.69) is 20.7 Å². The molecule has 196 valence electrons. The van der Waals surface area contributed by atoms with Crippen LogP contribution < -0.4 is 10.6 Å². The number of carbonyl (C=O) groups is 2. The standard InChI is InChI=1S/C28H36N6O3/c1-17(2)34-23(13-14-30-34)27(35)32-25(24(18-5-6-18)19-7-8-19)28(36)31-21-11-9-20(10-12-21)26-22(15-37-4)29-16-33(26)3/h9-14,16-19,24-25H,5-8,15H2,1-4H3,(H,31,36)(H,32,35)/t25-/m0/s1. The number of rotatable bonds is 11. The lowest BCUT2D eigenvalue weighted by molar-refractivity contribution is -0.119. The van der Waals surface area contributed by atoms with Crippen LogP contribution >= 0.6 is 0 Å². The first-order chi connectivity index (χ1) is 17.9. The maximum Gasteiger partial charge on any atom is 0.270 e. The molecule has 2 aliphatic carbocycles. The molecule has 2 aromatic heterocycles. The molecule has 0 unspecified atom stereocenters. The highest BCUT2D eigenvalue weighted by atomic mass is 16.5. The third kappa shape index (κ3) is 5.46. The van der Waals surface area contributed by atoms with Gasteiger partial charge in [-0.1, -0.05) is 12.1 Å². The number of anilines is 1. The molecule has 0 bridgehead atoms. The predicted molar refractivity (Wildman–Crippen MR) is 141 cm³/mol. The molecule has 9 nitrogen and oxygen atoms in total. The number of carbonyl (C=O) groups excluding carboxylic acids is 2. The highest BCUT2D eigenvalue weighted by molar-refractivity contribution is 6.01. The Kier molecular flexibility index (Phi) is 7.15. The number of methoxy groups -OCH3 is 1. The Morgan fingerprint density at radius 3 is 2.35 bits per heavy atom. The largest absolute Gasteiger partial charge is 0.378 e. The Labute approximate surface area is 217 Å². The molecule has 1 aromatic carbocycles. The Balaban J connectivity index is 1.35. The lowest BCUT2D eigenvalue weighted by atomic mass is 9.88. The summed E-state index contributed by atoms with van der Waals surface area (Å²) in [6.45, 7) is 4.40. The number of aromatic nitrogens is 4. The Morgan fingerprint density at radius 2 is 1.76 bits per heavy atom. The van der Waals surface area contributed by atoms with Crippen molar-refractivity contribution in [3.05, 3.63) is 54.2 Å². The summed E-state index contributed by atoms with van der Waals surface area (Å²) in [5, 5.41) is 10.5. The van der Waals surface area contributed by atoms with Crippen LogP contribution in [0.5, 0.6) is 0 Å². The van der Waals surface area contributed by atoms with Crippen LogP contribution in [0.3, 0.4) is 0 Å². The second kappa shape index (κ2) is 10.5. The third-order valence-electron chi connectivity index (χ3n) is 7.40. The third-order valence-corrected chi connectivity index (χ3v) is 7.40. The quantitative estimate of drug-likeness (QED) is 0.408. The zero-order chi connectivity index (χ0) is 26.1. The van der Waals surface area contributed by atoms with E-state index in [4.69, 9.17) is 4.74 Å². The molecule has 0 aliphatic heterocycles. The number of hydrogen-bond acceptors (Lipinski definition) is 5. The molecular formula is C28H36N6O3.